The van der Waals surface area contributed by atoms with Gasteiger partial charge >= 0.3 is 0 Å². The van der Waals surface area contributed by atoms with E-state index in [0.717, 1.165) is 16.9 Å². The molecule has 1 amide bonds. The van der Waals surface area contributed by atoms with E-state index in [1.54, 1.807) is 24.3 Å². The van der Waals surface area contributed by atoms with Gasteiger partial charge < -0.3 is 15.2 Å². The van der Waals surface area contributed by atoms with Crippen LogP contribution >= 0.6 is 11.6 Å². The number of rotatable bonds is 2. The average molecular weight is 368 g/mol. The minimum atomic E-state index is -0.764. The number of carbonyl (C=O) groups is 1. The minimum absolute atomic E-state index is 0.0406. The third-order valence-corrected chi connectivity index (χ3v) is 5.03. The van der Waals surface area contributed by atoms with Crippen LogP contribution in [0.5, 0.6) is 5.75 Å². The van der Waals surface area contributed by atoms with Crippen LogP contribution in [0.25, 0.3) is 6.08 Å². The number of amides is 1. The Morgan fingerprint density at radius 1 is 1.27 bits per heavy atom. The van der Waals surface area contributed by atoms with Gasteiger partial charge in [0.1, 0.15) is 11.5 Å². The maximum Gasteiger partial charge on any atom is 0.254 e. The van der Waals surface area contributed by atoms with Gasteiger partial charge in [0, 0.05) is 22.9 Å². The molecule has 0 aliphatic carbocycles. The molecular weight excluding hydrogens is 350 g/mol. The maximum atomic E-state index is 12.7. The summed E-state index contributed by atoms with van der Waals surface area (Å²) >= 11 is 5.89. The lowest BCUT2D eigenvalue weighted by molar-refractivity contribution is -0.127. The summed E-state index contributed by atoms with van der Waals surface area (Å²) in [5.41, 5.74) is 1.40. The van der Waals surface area contributed by atoms with Gasteiger partial charge in [-0.3, -0.25) is 4.79 Å². The number of carbonyl (C=O) groups excluding carboxylic acids is 1. The predicted molar refractivity (Wildman–Crippen MR) is 101 cm³/mol. The molecule has 2 aromatic rings. The fourth-order valence-corrected chi connectivity index (χ4v) is 3.70. The zero-order valence-corrected chi connectivity index (χ0v) is 15.0. The molecule has 132 valence electrons. The lowest BCUT2D eigenvalue weighted by Crippen LogP contribution is -2.58. The third-order valence-electron chi connectivity index (χ3n) is 4.77. The normalized spacial score (nSPS) is 26.1. The molecule has 0 aromatic heterocycles. The summed E-state index contributed by atoms with van der Waals surface area (Å²) in [6, 6.07) is 14.9. The Labute approximate surface area is 156 Å². The van der Waals surface area contributed by atoms with Crippen molar-refractivity contribution in [3.8, 4) is 5.75 Å². The van der Waals surface area contributed by atoms with E-state index in [1.165, 1.54) is 0 Å². The van der Waals surface area contributed by atoms with Gasteiger partial charge in [-0.05, 0) is 36.8 Å². The monoisotopic (exact) mass is 367 g/mol. The lowest BCUT2D eigenvalue weighted by atomic mass is 9.78. The number of ether oxygens (including phenoxy) is 1. The number of benzene rings is 2. The topological polar surface area (TPSA) is 58.6 Å². The van der Waals surface area contributed by atoms with Crippen LogP contribution in [-0.2, 0) is 4.79 Å². The summed E-state index contributed by atoms with van der Waals surface area (Å²) in [7, 11) is 0. The first-order valence-corrected chi connectivity index (χ1v) is 8.80. The summed E-state index contributed by atoms with van der Waals surface area (Å²) in [6.45, 7) is 1.85. The van der Waals surface area contributed by atoms with Crippen molar-refractivity contribution in [1.29, 1.82) is 0 Å². The number of allylic oxidation sites excluding steroid dienone is 1. The Morgan fingerprint density at radius 3 is 2.77 bits per heavy atom. The van der Waals surface area contributed by atoms with Gasteiger partial charge in [0.05, 0.1) is 5.57 Å². The molecule has 2 aliphatic heterocycles. The summed E-state index contributed by atoms with van der Waals surface area (Å²) in [6.07, 6.45) is 3.88. The molecule has 5 heteroatoms. The fraction of sp³-hybridized carbons (Fsp3) is 0.190. The van der Waals surface area contributed by atoms with E-state index in [1.807, 2.05) is 43.3 Å². The molecule has 2 bridgehead atoms. The van der Waals surface area contributed by atoms with E-state index in [-0.39, 0.29) is 17.6 Å². The molecule has 0 unspecified atom stereocenters. The molecule has 1 saturated heterocycles. The second kappa shape index (κ2) is 6.22. The maximum absolute atomic E-state index is 12.7. The number of hydrogen-bond acceptors (Lipinski definition) is 3. The van der Waals surface area contributed by atoms with Gasteiger partial charge in [0.2, 0.25) is 0 Å². The molecule has 0 saturated carbocycles. The third kappa shape index (κ3) is 2.97. The molecule has 2 aliphatic rings. The molecule has 2 atom stereocenters. The summed E-state index contributed by atoms with van der Waals surface area (Å²) in [4.78, 5) is 12.7. The number of aliphatic hydroxyl groups is 1. The van der Waals surface area contributed by atoms with Crippen LogP contribution in [0.3, 0.4) is 0 Å². The number of para-hydroxylation sites is 1. The molecule has 2 heterocycles. The zero-order valence-electron chi connectivity index (χ0n) is 14.2. The molecular formula is C21H18ClNO3. The second-order valence-corrected chi connectivity index (χ2v) is 7.20. The van der Waals surface area contributed by atoms with Crippen molar-refractivity contribution in [2.75, 3.05) is 0 Å². The van der Waals surface area contributed by atoms with Gasteiger partial charge in [-0.1, -0.05) is 48.0 Å². The quantitative estimate of drug-likeness (QED) is 0.603. The van der Waals surface area contributed by atoms with Crippen LogP contribution in [0.4, 0.5) is 0 Å². The molecule has 0 radical (unpaired) electrons. The standard InChI is InChI=1S/C21H18ClNO3/c1-21-12-16(15-4-2-3-5-18(15)26-21)19(20(25)23-21)17(24)11-8-13-6-9-14(22)10-7-13/h2-11,16,24H,12H2,1H3,(H,23,25)/b11-8+,19-17-/t16-,21-/m1/s1. The second-order valence-electron chi connectivity index (χ2n) is 6.77. The first-order valence-electron chi connectivity index (χ1n) is 8.42. The Hall–Kier alpha value is -2.72. The molecule has 2 N–H and O–H groups in total. The highest BCUT2D eigenvalue weighted by Crippen LogP contribution is 2.47. The van der Waals surface area contributed by atoms with Crippen LogP contribution in [-0.4, -0.2) is 16.7 Å². The fourth-order valence-electron chi connectivity index (χ4n) is 3.58. The SMILES string of the molecule is C[C@@]12C[C@@H](/C(=C(O)\C=C\c3ccc(Cl)cc3)C(=O)N1)c1ccccc1O2. The molecule has 0 spiro atoms. The first kappa shape index (κ1) is 16.7. The van der Waals surface area contributed by atoms with Crippen molar-refractivity contribution in [1.82, 2.24) is 5.32 Å². The van der Waals surface area contributed by atoms with Crippen molar-refractivity contribution in [2.45, 2.75) is 25.0 Å². The average Bonchev–Trinajstić information content (AvgIpc) is 2.60. The highest BCUT2D eigenvalue weighted by atomic mass is 35.5. The predicted octanol–water partition coefficient (Wildman–Crippen LogP) is 4.58. The van der Waals surface area contributed by atoms with Crippen LogP contribution in [0, 0.1) is 0 Å². The van der Waals surface area contributed by atoms with Gasteiger partial charge in [-0.2, -0.15) is 0 Å². The Morgan fingerprint density at radius 2 is 2.00 bits per heavy atom. The van der Waals surface area contributed by atoms with E-state index in [9.17, 15) is 9.90 Å². The largest absolute Gasteiger partial charge is 0.507 e. The van der Waals surface area contributed by atoms with Gasteiger partial charge in [0.15, 0.2) is 5.72 Å². The van der Waals surface area contributed by atoms with Crippen LogP contribution in [0.1, 0.15) is 30.4 Å². The van der Waals surface area contributed by atoms with Crippen molar-refractivity contribution in [3.05, 3.63) is 82.1 Å². The number of nitrogens with one attached hydrogen (secondary N) is 1. The van der Waals surface area contributed by atoms with Crippen molar-refractivity contribution in [2.24, 2.45) is 0 Å². The van der Waals surface area contributed by atoms with Crippen LogP contribution in [0.2, 0.25) is 5.02 Å². The molecule has 1 fully saturated rings. The van der Waals surface area contributed by atoms with Gasteiger partial charge in [-0.25, -0.2) is 0 Å². The highest BCUT2D eigenvalue weighted by Gasteiger charge is 2.47. The van der Waals surface area contributed by atoms with Crippen molar-refractivity contribution >= 4 is 23.6 Å². The van der Waals surface area contributed by atoms with Gasteiger partial charge in [0.25, 0.3) is 5.91 Å². The number of halogens is 1. The van der Waals surface area contributed by atoms with E-state index < -0.39 is 5.72 Å². The van der Waals surface area contributed by atoms with Crippen molar-refractivity contribution < 1.29 is 14.6 Å². The number of hydrogen-bond donors (Lipinski definition) is 2. The smallest absolute Gasteiger partial charge is 0.254 e. The van der Waals surface area contributed by atoms with Crippen LogP contribution < -0.4 is 10.1 Å². The minimum Gasteiger partial charge on any atom is -0.507 e. The van der Waals surface area contributed by atoms with E-state index in [2.05, 4.69) is 5.32 Å². The molecule has 2 aromatic carbocycles. The lowest BCUT2D eigenvalue weighted by Gasteiger charge is -2.45. The Balaban J connectivity index is 1.74. The summed E-state index contributed by atoms with van der Waals surface area (Å²) in [5, 5.41) is 14.2. The number of aliphatic hydroxyl groups excluding tert-OH is 1. The highest BCUT2D eigenvalue weighted by molar-refractivity contribution is 6.30. The number of fused-ring (bicyclic) bond motifs is 4. The van der Waals surface area contributed by atoms with Gasteiger partial charge in [-0.15, -0.1) is 0 Å². The summed E-state index contributed by atoms with van der Waals surface area (Å²) < 4.78 is 5.96. The van der Waals surface area contributed by atoms with E-state index in [0.29, 0.717) is 17.0 Å². The molecule has 4 rings (SSSR count). The van der Waals surface area contributed by atoms with E-state index in [4.69, 9.17) is 16.3 Å². The first-order chi connectivity index (χ1) is 12.5. The Kier molecular flexibility index (Phi) is 4.00. The molecule has 26 heavy (non-hydrogen) atoms. The van der Waals surface area contributed by atoms with Crippen molar-refractivity contribution in [3.63, 3.8) is 0 Å². The zero-order chi connectivity index (χ0) is 18.3. The Bertz CT molecular complexity index is 933. The summed E-state index contributed by atoms with van der Waals surface area (Å²) in [5.74, 6) is 0.171. The van der Waals surface area contributed by atoms with Crippen LogP contribution in [0.15, 0.2) is 65.9 Å². The van der Waals surface area contributed by atoms with E-state index >= 15 is 0 Å². The number of piperidine rings is 1. The molecule has 4 nitrogen and oxygen atoms in total.